The standard InChI is InChI=1S/C12H20N2O3S2/c1-5-6-14(8(2)3)11(15)10-7-18-12(9(10)4)19(13,16)17/h7-8H,5-6H2,1-4H3,(H2,13,16,17). The molecule has 0 atom stereocenters. The summed E-state index contributed by atoms with van der Waals surface area (Å²) in [6, 6.07) is 0.0738. The Bertz CT molecular complexity index is 562. The van der Waals surface area contributed by atoms with Crippen LogP contribution in [0.5, 0.6) is 0 Å². The summed E-state index contributed by atoms with van der Waals surface area (Å²) in [5, 5.41) is 6.70. The van der Waals surface area contributed by atoms with Crippen LogP contribution < -0.4 is 5.14 Å². The van der Waals surface area contributed by atoms with Gasteiger partial charge in [-0.2, -0.15) is 0 Å². The molecule has 1 aromatic rings. The minimum absolute atomic E-state index is 0.0658. The maximum absolute atomic E-state index is 12.4. The second kappa shape index (κ2) is 6.02. The Hall–Kier alpha value is -0.920. The molecule has 19 heavy (non-hydrogen) atoms. The molecule has 1 aromatic heterocycles. The van der Waals surface area contributed by atoms with Crippen LogP contribution in [0.15, 0.2) is 9.59 Å². The van der Waals surface area contributed by atoms with Crippen LogP contribution in [0.4, 0.5) is 0 Å². The zero-order valence-electron chi connectivity index (χ0n) is 11.6. The first kappa shape index (κ1) is 16.1. The molecular formula is C12H20N2O3S2. The summed E-state index contributed by atoms with van der Waals surface area (Å²) in [6.07, 6.45) is 0.856. The van der Waals surface area contributed by atoms with E-state index in [0.29, 0.717) is 17.7 Å². The fourth-order valence-corrected chi connectivity index (χ4v) is 3.89. The lowest BCUT2D eigenvalue weighted by Crippen LogP contribution is -2.37. The summed E-state index contributed by atoms with van der Waals surface area (Å²) in [5.74, 6) is -0.138. The average molecular weight is 304 g/mol. The summed E-state index contributed by atoms with van der Waals surface area (Å²) in [5.41, 5.74) is 0.871. The zero-order valence-corrected chi connectivity index (χ0v) is 13.3. The van der Waals surface area contributed by atoms with Gasteiger partial charge in [0.2, 0.25) is 10.0 Å². The SMILES string of the molecule is CCCN(C(=O)c1csc(S(N)(=O)=O)c1C)C(C)C. The number of sulfonamides is 1. The van der Waals surface area contributed by atoms with Crippen molar-refractivity contribution in [3.05, 3.63) is 16.5 Å². The predicted molar refractivity (Wildman–Crippen MR) is 76.9 cm³/mol. The number of nitrogens with two attached hydrogens (primary N) is 1. The van der Waals surface area contributed by atoms with Crippen LogP contribution in [0, 0.1) is 6.92 Å². The van der Waals surface area contributed by atoms with E-state index in [2.05, 4.69) is 0 Å². The Labute approximate surface area is 118 Å². The van der Waals surface area contributed by atoms with Gasteiger partial charge in [-0.15, -0.1) is 11.3 Å². The van der Waals surface area contributed by atoms with Gasteiger partial charge in [0.05, 0.1) is 5.56 Å². The Balaban J connectivity index is 3.17. The van der Waals surface area contributed by atoms with Gasteiger partial charge in [-0.1, -0.05) is 6.92 Å². The highest BCUT2D eigenvalue weighted by Crippen LogP contribution is 2.27. The average Bonchev–Trinajstić information content (AvgIpc) is 2.66. The summed E-state index contributed by atoms with van der Waals surface area (Å²) in [7, 11) is -3.76. The first-order chi connectivity index (χ1) is 8.70. The maximum atomic E-state index is 12.4. The van der Waals surface area contributed by atoms with E-state index in [9.17, 15) is 13.2 Å². The van der Waals surface area contributed by atoms with E-state index in [1.54, 1.807) is 17.2 Å². The lowest BCUT2D eigenvalue weighted by atomic mass is 10.1. The fourth-order valence-electron chi connectivity index (χ4n) is 1.88. The van der Waals surface area contributed by atoms with Crippen LogP contribution >= 0.6 is 11.3 Å². The van der Waals surface area contributed by atoms with Gasteiger partial charge in [0.1, 0.15) is 4.21 Å². The predicted octanol–water partition coefficient (Wildman–Crippen LogP) is 1.96. The number of nitrogens with zero attached hydrogens (tertiary/aromatic N) is 1. The molecule has 0 unspecified atom stereocenters. The molecule has 108 valence electrons. The van der Waals surface area contributed by atoms with Crippen molar-refractivity contribution < 1.29 is 13.2 Å². The molecule has 1 heterocycles. The second-order valence-corrected chi connectivity index (χ2v) is 7.34. The van der Waals surface area contributed by atoms with Gasteiger partial charge in [-0.3, -0.25) is 4.79 Å². The van der Waals surface area contributed by atoms with Crippen molar-refractivity contribution in [1.29, 1.82) is 0 Å². The van der Waals surface area contributed by atoms with Crippen LogP contribution in [-0.4, -0.2) is 31.8 Å². The molecule has 0 saturated carbocycles. The molecule has 1 amide bonds. The van der Waals surface area contributed by atoms with Crippen molar-refractivity contribution >= 4 is 27.3 Å². The Kier molecular flexibility index (Phi) is 5.11. The molecule has 0 aliphatic heterocycles. The number of primary sulfonamides is 1. The highest BCUT2D eigenvalue weighted by atomic mass is 32.2. The van der Waals surface area contributed by atoms with Gasteiger partial charge in [0.15, 0.2) is 0 Å². The van der Waals surface area contributed by atoms with Gasteiger partial charge in [0.25, 0.3) is 5.91 Å². The Morgan fingerprint density at radius 3 is 2.42 bits per heavy atom. The quantitative estimate of drug-likeness (QED) is 0.903. The number of carbonyl (C=O) groups excluding carboxylic acids is 1. The number of amides is 1. The van der Waals surface area contributed by atoms with Gasteiger partial charge < -0.3 is 4.90 Å². The molecule has 7 heteroatoms. The number of carbonyl (C=O) groups is 1. The molecule has 0 saturated heterocycles. The zero-order chi connectivity index (χ0) is 14.8. The van der Waals surface area contributed by atoms with Crippen molar-refractivity contribution in [2.75, 3.05) is 6.54 Å². The van der Waals surface area contributed by atoms with Crippen LogP contribution in [0.2, 0.25) is 0 Å². The van der Waals surface area contributed by atoms with E-state index in [4.69, 9.17) is 5.14 Å². The smallest absolute Gasteiger partial charge is 0.255 e. The normalized spacial score (nSPS) is 11.9. The Morgan fingerprint density at radius 2 is 2.05 bits per heavy atom. The molecule has 0 spiro atoms. The minimum atomic E-state index is -3.76. The van der Waals surface area contributed by atoms with Gasteiger partial charge in [0, 0.05) is 18.0 Å². The molecule has 5 nitrogen and oxygen atoms in total. The van der Waals surface area contributed by atoms with Crippen molar-refractivity contribution in [3.63, 3.8) is 0 Å². The van der Waals surface area contributed by atoms with Gasteiger partial charge in [-0.05, 0) is 32.8 Å². The monoisotopic (exact) mass is 304 g/mol. The number of rotatable bonds is 5. The fraction of sp³-hybridized carbons (Fsp3) is 0.583. The van der Waals surface area contributed by atoms with E-state index < -0.39 is 10.0 Å². The van der Waals surface area contributed by atoms with E-state index in [1.807, 2.05) is 20.8 Å². The first-order valence-electron chi connectivity index (χ1n) is 6.12. The lowest BCUT2D eigenvalue weighted by Gasteiger charge is -2.26. The molecule has 0 aliphatic rings. The summed E-state index contributed by atoms with van der Waals surface area (Å²) >= 11 is 0.998. The van der Waals surface area contributed by atoms with Crippen molar-refractivity contribution in [2.45, 2.75) is 44.4 Å². The van der Waals surface area contributed by atoms with Crippen LogP contribution in [-0.2, 0) is 10.0 Å². The van der Waals surface area contributed by atoms with Crippen molar-refractivity contribution in [3.8, 4) is 0 Å². The number of thiophene rings is 1. The second-order valence-electron chi connectivity index (χ2n) is 4.70. The highest BCUT2D eigenvalue weighted by Gasteiger charge is 2.25. The summed E-state index contributed by atoms with van der Waals surface area (Å²) < 4.78 is 22.8. The minimum Gasteiger partial charge on any atom is -0.336 e. The molecule has 0 aromatic carbocycles. The maximum Gasteiger partial charge on any atom is 0.255 e. The van der Waals surface area contributed by atoms with Crippen LogP contribution in [0.1, 0.15) is 43.1 Å². The molecule has 0 fully saturated rings. The van der Waals surface area contributed by atoms with Crippen molar-refractivity contribution in [2.24, 2.45) is 5.14 Å². The van der Waals surface area contributed by atoms with Crippen LogP contribution in [0.3, 0.4) is 0 Å². The van der Waals surface area contributed by atoms with Crippen LogP contribution in [0.25, 0.3) is 0 Å². The summed E-state index contributed by atoms with van der Waals surface area (Å²) in [6.45, 7) is 8.15. The third kappa shape index (κ3) is 3.55. The third-order valence-electron chi connectivity index (χ3n) is 2.83. The first-order valence-corrected chi connectivity index (χ1v) is 8.54. The Morgan fingerprint density at radius 1 is 1.47 bits per heavy atom. The topological polar surface area (TPSA) is 80.5 Å². The van der Waals surface area contributed by atoms with Crippen molar-refractivity contribution in [1.82, 2.24) is 4.90 Å². The number of hydrogen-bond donors (Lipinski definition) is 1. The molecule has 0 bridgehead atoms. The summed E-state index contributed by atoms with van der Waals surface area (Å²) in [4.78, 5) is 14.2. The largest absolute Gasteiger partial charge is 0.336 e. The van der Waals surface area contributed by atoms with Gasteiger partial charge >= 0.3 is 0 Å². The molecular weight excluding hydrogens is 284 g/mol. The van der Waals surface area contributed by atoms with E-state index in [0.717, 1.165) is 17.8 Å². The van der Waals surface area contributed by atoms with E-state index in [1.165, 1.54) is 0 Å². The molecule has 2 N–H and O–H groups in total. The lowest BCUT2D eigenvalue weighted by molar-refractivity contribution is 0.0705. The molecule has 1 rings (SSSR count). The van der Waals surface area contributed by atoms with Gasteiger partial charge in [-0.25, -0.2) is 13.6 Å². The highest BCUT2D eigenvalue weighted by molar-refractivity contribution is 7.91. The van der Waals surface area contributed by atoms with E-state index >= 15 is 0 Å². The number of hydrogen-bond acceptors (Lipinski definition) is 4. The molecule has 0 aliphatic carbocycles. The third-order valence-corrected chi connectivity index (χ3v) is 5.51. The van der Waals surface area contributed by atoms with E-state index in [-0.39, 0.29) is 16.2 Å². The molecule has 0 radical (unpaired) electrons.